The van der Waals surface area contributed by atoms with Gasteiger partial charge in [-0.05, 0) is 72.1 Å². The van der Waals surface area contributed by atoms with Crippen LogP contribution in [0.2, 0.25) is 0 Å². The van der Waals surface area contributed by atoms with Gasteiger partial charge in [0, 0.05) is 19.3 Å². The average Bonchev–Trinajstić information content (AvgIpc) is 2.78. The first-order valence-electron chi connectivity index (χ1n) is 13.0. The number of esters is 4. The summed E-state index contributed by atoms with van der Waals surface area (Å²) < 4.78 is 21.6. The molecule has 0 fully saturated rings. The van der Waals surface area contributed by atoms with Crippen LogP contribution in [0.15, 0.2) is 18.2 Å². The SMILES string of the molecule is CCC(C)CC(=O)OC(C)C[C@@](N)(Cc1ccc(OC(=O)C(C)(C)C)c(OC(=O)C(C)(C)C)c1)C(=O)OC. The topological polar surface area (TPSA) is 131 Å². The molecule has 0 aromatic heterocycles. The minimum Gasteiger partial charge on any atom is -0.468 e. The fraction of sp³-hybridized carbons (Fsp3) is 0.655. The summed E-state index contributed by atoms with van der Waals surface area (Å²) in [6.45, 7) is 15.8. The average molecular weight is 536 g/mol. The normalized spacial score (nSPS) is 15.0. The third-order valence-corrected chi connectivity index (χ3v) is 5.95. The van der Waals surface area contributed by atoms with Gasteiger partial charge in [0.25, 0.3) is 0 Å². The molecule has 38 heavy (non-hydrogen) atoms. The van der Waals surface area contributed by atoms with Gasteiger partial charge < -0.3 is 24.7 Å². The van der Waals surface area contributed by atoms with Gasteiger partial charge in [-0.1, -0.05) is 26.3 Å². The molecule has 214 valence electrons. The lowest BCUT2D eigenvalue weighted by atomic mass is 9.86. The van der Waals surface area contributed by atoms with Crippen molar-refractivity contribution in [1.82, 2.24) is 0 Å². The van der Waals surface area contributed by atoms with Gasteiger partial charge in [0.1, 0.15) is 11.6 Å². The molecule has 0 bridgehead atoms. The Kier molecular flexibility index (Phi) is 11.5. The molecule has 0 radical (unpaired) electrons. The van der Waals surface area contributed by atoms with Crippen LogP contribution in [0.3, 0.4) is 0 Å². The van der Waals surface area contributed by atoms with Gasteiger partial charge in [-0.15, -0.1) is 0 Å². The molecule has 0 aliphatic rings. The van der Waals surface area contributed by atoms with Crippen LogP contribution < -0.4 is 15.2 Å². The molecule has 0 saturated heterocycles. The first-order valence-corrected chi connectivity index (χ1v) is 13.0. The summed E-state index contributed by atoms with van der Waals surface area (Å²) in [4.78, 5) is 50.2. The fourth-order valence-electron chi connectivity index (χ4n) is 3.38. The van der Waals surface area contributed by atoms with Crippen molar-refractivity contribution in [2.75, 3.05) is 7.11 Å². The van der Waals surface area contributed by atoms with Crippen molar-refractivity contribution in [2.45, 2.75) is 99.6 Å². The maximum absolute atomic E-state index is 12.8. The van der Waals surface area contributed by atoms with E-state index in [4.69, 9.17) is 24.7 Å². The molecular weight excluding hydrogens is 490 g/mol. The summed E-state index contributed by atoms with van der Waals surface area (Å²) in [5.41, 5.74) is 3.91. The van der Waals surface area contributed by atoms with E-state index in [2.05, 4.69) is 0 Å². The lowest BCUT2D eigenvalue weighted by Gasteiger charge is -2.30. The van der Waals surface area contributed by atoms with Gasteiger partial charge in [0.2, 0.25) is 0 Å². The van der Waals surface area contributed by atoms with E-state index >= 15 is 0 Å². The standard InChI is InChI=1S/C29H45NO8/c1-11-18(2)14-23(31)36-19(3)16-29(30,26(34)35-10)17-20-12-13-21(37-24(32)27(4,5)6)22(15-20)38-25(33)28(7,8)9/h12-13,15,18-19H,11,14,16-17,30H2,1-10H3/t18?,19?,29-/m1/s1. The van der Waals surface area contributed by atoms with Crippen molar-refractivity contribution >= 4 is 23.9 Å². The highest BCUT2D eigenvalue weighted by Crippen LogP contribution is 2.34. The van der Waals surface area contributed by atoms with Crippen molar-refractivity contribution in [3.63, 3.8) is 0 Å². The molecule has 0 aliphatic carbocycles. The van der Waals surface area contributed by atoms with Crippen LogP contribution >= 0.6 is 0 Å². The third kappa shape index (κ3) is 10.1. The largest absolute Gasteiger partial charge is 0.468 e. The highest BCUT2D eigenvalue weighted by molar-refractivity contribution is 5.82. The molecule has 0 spiro atoms. The van der Waals surface area contributed by atoms with Crippen molar-refractivity contribution in [3.05, 3.63) is 23.8 Å². The van der Waals surface area contributed by atoms with Gasteiger partial charge in [0.05, 0.1) is 17.9 Å². The number of ether oxygens (including phenoxy) is 4. The highest BCUT2D eigenvalue weighted by atomic mass is 16.6. The molecule has 0 heterocycles. The third-order valence-electron chi connectivity index (χ3n) is 5.95. The first-order chi connectivity index (χ1) is 17.3. The zero-order valence-electron chi connectivity index (χ0n) is 24.6. The van der Waals surface area contributed by atoms with Gasteiger partial charge in [0.15, 0.2) is 11.5 Å². The number of nitrogens with two attached hydrogens (primary N) is 1. The number of carbonyl (C=O) groups excluding carboxylic acids is 4. The van der Waals surface area contributed by atoms with Crippen LogP contribution in [-0.4, -0.2) is 42.6 Å². The molecule has 0 saturated carbocycles. The smallest absolute Gasteiger partial charge is 0.326 e. The Morgan fingerprint density at radius 1 is 0.868 bits per heavy atom. The van der Waals surface area contributed by atoms with E-state index in [9.17, 15) is 19.2 Å². The molecule has 1 rings (SSSR count). The summed E-state index contributed by atoms with van der Waals surface area (Å²) in [5, 5.41) is 0. The van der Waals surface area contributed by atoms with E-state index in [1.165, 1.54) is 19.2 Å². The zero-order valence-corrected chi connectivity index (χ0v) is 24.6. The monoisotopic (exact) mass is 535 g/mol. The second-order valence-electron chi connectivity index (χ2n) is 12.1. The zero-order chi connectivity index (χ0) is 29.5. The second kappa shape index (κ2) is 13.2. The lowest BCUT2D eigenvalue weighted by Crippen LogP contribution is -2.53. The van der Waals surface area contributed by atoms with Crippen LogP contribution in [0.25, 0.3) is 0 Å². The van der Waals surface area contributed by atoms with Crippen LogP contribution in [0, 0.1) is 16.7 Å². The van der Waals surface area contributed by atoms with E-state index in [1.54, 1.807) is 54.5 Å². The predicted octanol–water partition coefficient (Wildman–Crippen LogP) is 4.76. The molecule has 2 N–H and O–H groups in total. The van der Waals surface area contributed by atoms with E-state index < -0.39 is 40.4 Å². The van der Waals surface area contributed by atoms with E-state index in [1.807, 2.05) is 13.8 Å². The lowest BCUT2D eigenvalue weighted by molar-refractivity contribution is -0.155. The quantitative estimate of drug-likeness (QED) is 0.315. The van der Waals surface area contributed by atoms with Crippen LogP contribution in [0.1, 0.15) is 87.1 Å². The summed E-state index contributed by atoms with van der Waals surface area (Å²) in [6.07, 6.45) is 0.453. The number of hydrogen-bond acceptors (Lipinski definition) is 9. The Hall–Kier alpha value is -2.94. The molecule has 0 aliphatic heterocycles. The van der Waals surface area contributed by atoms with Crippen molar-refractivity contribution in [2.24, 2.45) is 22.5 Å². The van der Waals surface area contributed by atoms with Crippen molar-refractivity contribution in [1.29, 1.82) is 0 Å². The Balaban J connectivity index is 3.30. The number of methoxy groups -OCH3 is 1. The van der Waals surface area contributed by atoms with Crippen LogP contribution in [-0.2, 0) is 35.1 Å². The van der Waals surface area contributed by atoms with Gasteiger partial charge in [-0.25, -0.2) is 0 Å². The second-order valence-corrected chi connectivity index (χ2v) is 12.1. The van der Waals surface area contributed by atoms with Crippen molar-refractivity contribution < 1.29 is 38.1 Å². The van der Waals surface area contributed by atoms with Gasteiger partial charge >= 0.3 is 23.9 Å². The Morgan fingerprint density at radius 2 is 1.39 bits per heavy atom. The Labute approximate surface area is 226 Å². The molecule has 0 amide bonds. The number of rotatable bonds is 11. The van der Waals surface area contributed by atoms with E-state index in [0.29, 0.717) is 5.56 Å². The van der Waals surface area contributed by atoms with Gasteiger partial charge in [-0.2, -0.15) is 0 Å². The molecule has 9 nitrogen and oxygen atoms in total. The first kappa shape index (κ1) is 33.1. The molecular formula is C29H45NO8. The van der Waals surface area contributed by atoms with E-state index in [0.717, 1.165) is 6.42 Å². The van der Waals surface area contributed by atoms with E-state index in [-0.39, 0.29) is 42.6 Å². The predicted molar refractivity (Wildman–Crippen MR) is 144 cm³/mol. The molecule has 3 atom stereocenters. The number of hydrogen-bond donors (Lipinski definition) is 1. The molecule has 1 aromatic carbocycles. The minimum atomic E-state index is -1.54. The molecule has 9 heteroatoms. The maximum Gasteiger partial charge on any atom is 0.326 e. The molecule has 2 unspecified atom stereocenters. The molecule has 1 aromatic rings. The summed E-state index contributed by atoms with van der Waals surface area (Å²) in [5.74, 6) is -1.80. The minimum absolute atomic E-state index is 0.00376. The van der Waals surface area contributed by atoms with Gasteiger partial charge in [-0.3, -0.25) is 19.2 Å². The summed E-state index contributed by atoms with van der Waals surface area (Å²) >= 11 is 0. The summed E-state index contributed by atoms with van der Waals surface area (Å²) in [6, 6.07) is 4.64. The summed E-state index contributed by atoms with van der Waals surface area (Å²) in [7, 11) is 1.23. The number of benzene rings is 1. The maximum atomic E-state index is 12.8. The van der Waals surface area contributed by atoms with Crippen molar-refractivity contribution in [3.8, 4) is 11.5 Å². The van der Waals surface area contributed by atoms with Crippen LogP contribution in [0.5, 0.6) is 11.5 Å². The van der Waals surface area contributed by atoms with Crippen LogP contribution in [0.4, 0.5) is 0 Å². The highest BCUT2D eigenvalue weighted by Gasteiger charge is 2.38. The number of carbonyl (C=O) groups is 4. The Bertz CT molecular complexity index is 1000. The fourth-order valence-corrected chi connectivity index (χ4v) is 3.38. The Morgan fingerprint density at radius 3 is 1.87 bits per heavy atom.